The van der Waals surface area contributed by atoms with Crippen molar-refractivity contribution in [3.05, 3.63) is 76.3 Å². The fourth-order valence-electron chi connectivity index (χ4n) is 3.04. The predicted molar refractivity (Wildman–Crippen MR) is 110 cm³/mol. The van der Waals surface area contributed by atoms with Crippen LogP contribution in [0, 0.1) is 6.92 Å². The predicted octanol–water partition coefficient (Wildman–Crippen LogP) is 4.65. The second kappa shape index (κ2) is 7.13. The summed E-state index contributed by atoms with van der Waals surface area (Å²) < 4.78 is 5.60. The minimum absolute atomic E-state index is 0.206. The van der Waals surface area contributed by atoms with Crippen molar-refractivity contribution < 1.29 is 4.52 Å². The quantitative estimate of drug-likeness (QED) is 0.628. The van der Waals surface area contributed by atoms with E-state index in [0.29, 0.717) is 21.9 Å². The lowest BCUT2D eigenvalue weighted by Crippen LogP contribution is -2.42. The maximum atomic E-state index is 6.03. The molecule has 1 aromatic heterocycles. The second-order valence-electron chi connectivity index (χ2n) is 6.41. The van der Waals surface area contributed by atoms with Crippen molar-refractivity contribution in [3.8, 4) is 11.4 Å². The Morgan fingerprint density at radius 1 is 1.04 bits per heavy atom. The summed E-state index contributed by atoms with van der Waals surface area (Å²) in [5.41, 5.74) is 4.82. The molecule has 0 saturated carbocycles. The number of hydrogen-bond donors (Lipinski definition) is 2. The monoisotopic (exact) mass is 396 g/mol. The van der Waals surface area contributed by atoms with Gasteiger partial charge in [0.05, 0.1) is 11.6 Å². The van der Waals surface area contributed by atoms with E-state index in [4.69, 9.17) is 28.3 Å². The van der Waals surface area contributed by atoms with Crippen LogP contribution in [0.5, 0.6) is 0 Å². The van der Waals surface area contributed by atoms with Crippen molar-refractivity contribution in [1.82, 2.24) is 20.8 Å². The first-order chi connectivity index (χ1) is 13.0. The smallest absolute Gasteiger partial charge is 0.258 e. The van der Waals surface area contributed by atoms with Crippen molar-refractivity contribution >= 4 is 34.5 Å². The molecule has 5 nitrogen and oxygen atoms in total. The van der Waals surface area contributed by atoms with Crippen LogP contribution in [-0.4, -0.2) is 15.3 Å². The van der Waals surface area contributed by atoms with Crippen LogP contribution >= 0.6 is 23.8 Å². The van der Waals surface area contributed by atoms with E-state index >= 15 is 0 Å². The summed E-state index contributed by atoms with van der Waals surface area (Å²) >= 11 is 11.4. The summed E-state index contributed by atoms with van der Waals surface area (Å²) in [4.78, 5) is 4.62. The third-order valence-electron chi connectivity index (χ3n) is 4.44. The Balaban J connectivity index is 1.75. The summed E-state index contributed by atoms with van der Waals surface area (Å²) in [6.45, 7) is 3.99. The van der Waals surface area contributed by atoms with Gasteiger partial charge in [0.1, 0.15) is 0 Å². The molecule has 0 spiro atoms. The van der Waals surface area contributed by atoms with Gasteiger partial charge in [0.15, 0.2) is 5.11 Å². The van der Waals surface area contributed by atoms with Gasteiger partial charge in [0.25, 0.3) is 5.89 Å². The van der Waals surface area contributed by atoms with Gasteiger partial charge in [0, 0.05) is 16.3 Å². The number of allylic oxidation sites excluding steroid dienone is 1. The SMILES string of the molecule is CC1=C(c2nc(-c3ccc(C)cc3)no2)C(c2ccc(Cl)cc2)NC(=S)N1. The highest BCUT2D eigenvalue weighted by molar-refractivity contribution is 7.80. The standard InChI is InChI=1S/C20H17ClN4OS/c1-11-3-5-14(6-4-11)18-24-19(26-25-18)16-12(2)22-20(27)23-17(16)13-7-9-15(21)10-8-13/h3-10,17H,1-2H3,(H2,22,23,27). The Labute approximate surface area is 167 Å². The lowest BCUT2D eigenvalue weighted by molar-refractivity contribution is 0.403. The number of benzene rings is 2. The highest BCUT2D eigenvalue weighted by Gasteiger charge is 2.30. The minimum atomic E-state index is -0.206. The number of aromatic nitrogens is 2. The van der Waals surface area contributed by atoms with E-state index in [2.05, 4.69) is 20.8 Å². The molecule has 3 aromatic rings. The molecule has 0 radical (unpaired) electrons. The zero-order valence-electron chi connectivity index (χ0n) is 14.8. The molecule has 1 atom stereocenters. The molecule has 136 valence electrons. The van der Waals surface area contributed by atoms with Crippen LogP contribution in [0.2, 0.25) is 5.02 Å². The molecule has 0 aliphatic carbocycles. The van der Waals surface area contributed by atoms with E-state index in [1.165, 1.54) is 5.56 Å². The normalized spacial score (nSPS) is 16.9. The van der Waals surface area contributed by atoms with E-state index in [9.17, 15) is 0 Å². The molecule has 1 aliphatic rings. The van der Waals surface area contributed by atoms with Crippen molar-refractivity contribution in [1.29, 1.82) is 0 Å². The topological polar surface area (TPSA) is 63.0 Å². The molecule has 1 unspecified atom stereocenters. The van der Waals surface area contributed by atoms with Crippen LogP contribution < -0.4 is 10.6 Å². The van der Waals surface area contributed by atoms with Gasteiger partial charge >= 0.3 is 0 Å². The van der Waals surface area contributed by atoms with Crippen LogP contribution in [-0.2, 0) is 0 Å². The molecule has 7 heteroatoms. The van der Waals surface area contributed by atoms with Crippen LogP contribution in [0.3, 0.4) is 0 Å². The maximum Gasteiger partial charge on any atom is 0.258 e. The zero-order valence-corrected chi connectivity index (χ0v) is 16.4. The molecular weight excluding hydrogens is 380 g/mol. The van der Waals surface area contributed by atoms with Crippen molar-refractivity contribution in [2.24, 2.45) is 0 Å². The highest BCUT2D eigenvalue weighted by atomic mass is 35.5. The highest BCUT2D eigenvalue weighted by Crippen LogP contribution is 2.34. The van der Waals surface area contributed by atoms with Crippen LogP contribution in [0.15, 0.2) is 58.8 Å². The number of nitrogens with one attached hydrogen (secondary N) is 2. The average Bonchev–Trinajstić information content (AvgIpc) is 3.12. The molecule has 2 aromatic carbocycles. The lowest BCUT2D eigenvalue weighted by Gasteiger charge is -2.29. The van der Waals surface area contributed by atoms with Gasteiger partial charge in [-0.25, -0.2) is 0 Å². The molecule has 0 saturated heterocycles. The molecule has 4 rings (SSSR count). The average molecular weight is 397 g/mol. The fraction of sp³-hybridized carbons (Fsp3) is 0.150. The number of aryl methyl sites for hydroxylation is 1. The number of nitrogens with zero attached hydrogens (tertiary/aromatic N) is 2. The summed E-state index contributed by atoms with van der Waals surface area (Å²) in [7, 11) is 0. The Kier molecular flexibility index (Phi) is 4.68. The number of halogens is 1. The second-order valence-corrected chi connectivity index (χ2v) is 7.26. The number of hydrogen-bond acceptors (Lipinski definition) is 4. The molecular formula is C20H17ClN4OS. The molecule has 0 bridgehead atoms. The van der Waals surface area contributed by atoms with Gasteiger partial charge in [-0.3, -0.25) is 0 Å². The van der Waals surface area contributed by atoms with Crippen molar-refractivity contribution in [2.45, 2.75) is 19.9 Å². The van der Waals surface area contributed by atoms with Crippen LogP contribution in [0.25, 0.3) is 17.0 Å². The third-order valence-corrected chi connectivity index (χ3v) is 4.91. The van der Waals surface area contributed by atoms with Gasteiger partial charge in [-0.15, -0.1) is 0 Å². The molecule has 2 N–H and O–H groups in total. The molecule has 0 amide bonds. The number of rotatable bonds is 3. The summed E-state index contributed by atoms with van der Waals surface area (Å²) in [6.07, 6.45) is 0. The van der Waals surface area contributed by atoms with Crippen molar-refractivity contribution in [3.63, 3.8) is 0 Å². The summed E-state index contributed by atoms with van der Waals surface area (Å²) in [5, 5.41) is 11.8. The minimum Gasteiger partial charge on any atom is -0.351 e. The van der Waals surface area contributed by atoms with E-state index in [-0.39, 0.29) is 6.04 Å². The first-order valence-electron chi connectivity index (χ1n) is 8.46. The fourth-order valence-corrected chi connectivity index (χ4v) is 3.43. The Bertz CT molecular complexity index is 1020. The summed E-state index contributed by atoms with van der Waals surface area (Å²) in [6, 6.07) is 15.4. The maximum absolute atomic E-state index is 6.03. The first kappa shape index (κ1) is 17.7. The Morgan fingerprint density at radius 3 is 2.44 bits per heavy atom. The van der Waals surface area contributed by atoms with E-state index in [0.717, 1.165) is 22.4 Å². The molecule has 1 aliphatic heterocycles. The lowest BCUT2D eigenvalue weighted by atomic mass is 9.95. The Morgan fingerprint density at radius 2 is 1.74 bits per heavy atom. The number of thiocarbonyl (C=S) groups is 1. The van der Waals surface area contributed by atoms with Gasteiger partial charge < -0.3 is 15.2 Å². The Hall–Kier alpha value is -2.70. The van der Waals surface area contributed by atoms with E-state index in [1.807, 2.05) is 62.4 Å². The largest absolute Gasteiger partial charge is 0.351 e. The summed E-state index contributed by atoms with van der Waals surface area (Å²) in [5.74, 6) is 0.999. The van der Waals surface area contributed by atoms with Gasteiger partial charge in [0.2, 0.25) is 5.82 Å². The molecule has 0 fully saturated rings. The van der Waals surface area contributed by atoms with Gasteiger partial charge in [-0.2, -0.15) is 4.98 Å². The van der Waals surface area contributed by atoms with E-state index < -0.39 is 0 Å². The molecule has 27 heavy (non-hydrogen) atoms. The molecule has 2 heterocycles. The van der Waals surface area contributed by atoms with Gasteiger partial charge in [-0.1, -0.05) is 58.7 Å². The zero-order chi connectivity index (χ0) is 19.0. The first-order valence-corrected chi connectivity index (χ1v) is 9.25. The van der Waals surface area contributed by atoms with E-state index in [1.54, 1.807) is 0 Å². The van der Waals surface area contributed by atoms with Crippen molar-refractivity contribution in [2.75, 3.05) is 0 Å². The van der Waals surface area contributed by atoms with Gasteiger partial charge in [-0.05, 0) is 43.8 Å². The third kappa shape index (κ3) is 3.59. The van der Waals surface area contributed by atoms with Crippen LogP contribution in [0.1, 0.15) is 30.0 Å². The van der Waals surface area contributed by atoms with Crippen LogP contribution in [0.4, 0.5) is 0 Å².